The second kappa shape index (κ2) is 8.99. The van der Waals surface area contributed by atoms with Gasteiger partial charge < -0.3 is 21.7 Å². The van der Waals surface area contributed by atoms with Gasteiger partial charge in [0.25, 0.3) is 0 Å². The second-order valence-electron chi connectivity index (χ2n) is 8.99. The molecule has 0 unspecified atom stereocenters. The summed E-state index contributed by atoms with van der Waals surface area (Å²) in [7, 11) is 0. The fraction of sp³-hybridized carbons (Fsp3) is 0.103. The maximum absolute atomic E-state index is 11.4. The van der Waals surface area contributed by atoms with Crippen LogP contribution in [0.2, 0.25) is 0 Å². The summed E-state index contributed by atoms with van der Waals surface area (Å²) in [5.41, 5.74) is 17.5. The molecule has 176 valence electrons. The number of carboxylic acids is 2. The lowest BCUT2D eigenvalue weighted by molar-refractivity contribution is 0.0687. The first-order chi connectivity index (χ1) is 16.6. The molecule has 0 aromatic heterocycles. The normalized spacial score (nSPS) is 11.3. The number of carbonyl (C=O) groups is 2. The topological polar surface area (TPSA) is 127 Å². The van der Waals surface area contributed by atoms with Gasteiger partial charge in [0.15, 0.2) is 0 Å². The highest BCUT2D eigenvalue weighted by Crippen LogP contribution is 2.35. The molecule has 0 amide bonds. The quantitative estimate of drug-likeness (QED) is 0.262. The Morgan fingerprint density at radius 1 is 0.571 bits per heavy atom. The van der Waals surface area contributed by atoms with Crippen molar-refractivity contribution in [2.24, 2.45) is 0 Å². The lowest BCUT2D eigenvalue weighted by Gasteiger charge is -2.26. The minimum Gasteiger partial charge on any atom is -0.478 e. The number of anilines is 2. The van der Waals surface area contributed by atoms with E-state index in [-0.39, 0.29) is 27.9 Å². The molecule has 4 aromatic carbocycles. The predicted molar refractivity (Wildman–Crippen MR) is 139 cm³/mol. The molecule has 6 heteroatoms. The van der Waals surface area contributed by atoms with Crippen LogP contribution in [0.3, 0.4) is 0 Å². The van der Waals surface area contributed by atoms with Gasteiger partial charge in [-0.15, -0.1) is 0 Å². The molecule has 0 aliphatic rings. The van der Waals surface area contributed by atoms with Crippen LogP contribution < -0.4 is 11.5 Å². The number of nitrogens with two attached hydrogens (primary N) is 2. The standard InChI is InChI=1S/C29H26N2O4/c1-29(2,21-9-3-17(4-10-21)19-7-13-25(30)23(15-19)27(32)33)22-11-5-18(6-12-22)20-8-14-26(31)24(16-20)28(34)35/h3-16H,30-31H2,1-2H3,(H,32,33)(H,34,35). The Hall–Kier alpha value is -4.58. The molecule has 4 rings (SSSR count). The van der Waals surface area contributed by atoms with Crippen molar-refractivity contribution in [3.63, 3.8) is 0 Å². The monoisotopic (exact) mass is 466 g/mol. The van der Waals surface area contributed by atoms with Gasteiger partial charge in [-0.2, -0.15) is 0 Å². The summed E-state index contributed by atoms with van der Waals surface area (Å²) in [4.78, 5) is 22.8. The Balaban J connectivity index is 1.60. The summed E-state index contributed by atoms with van der Waals surface area (Å²) in [5, 5.41) is 18.7. The van der Waals surface area contributed by atoms with Gasteiger partial charge in [-0.25, -0.2) is 9.59 Å². The fourth-order valence-corrected chi connectivity index (χ4v) is 4.17. The highest BCUT2D eigenvalue weighted by atomic mass is 16.4. The SMILES string of the molecule is CC(C)(c1ccc(-c2ccc(N)c(C(=O)O)c2)cc1)c1ccc(-c2ccc(N)c(C(=O)O)c2)cc1. The molecule has 0 bridgehead atoms. The van der Waals surface area contributed by atoms with Crippen LogP contribution in [0.25, 0.3) is 22.3 Å². The molecule has 0 saturated carbocycles. The highest BCUT2D eigenvalue weighted by molar-refractivity contribution is 5.96. The molecule has 0 heterocycles. The summed E-state index contributed by atoms with van der Waals surface area (Å²) >= 11 is 0. The first-order valence-corrected chi connectivity index (χ1v) is 11.1. The first-order valence-electron chi connectivity index (χ1n) is 11.1. The van der Waals surface area contributed by atoms with Crippen molar-refractivity contribution in [3.05, 3.63) is 107 Å². The number of nitrogen functional groups attached to an aromatic ring is 2. The smallest absolute Gasteiger partial charge is 0.337 e. The molecule has 4 aromatic rings. The van der Waals surface area contributed by atoms with Crippen LogP contribution in [0.1, 0.15) is 45.7 Å². The number of rotatable bonds is 6. The zero-order chi connectivity index (χ0) is 25.3. The van der Waals surface area contributed by atoms with Gasteiger partial charge in [-0.05, 0) is 57.6 Å². The molecular formula is C29H26N2O4. The zero-order valence-corrected chi connectivity index (χ0v) is 19.4. The molecule has 6 nitrogen and oxygen atoms in total. The number of hydrogen-bond donors (Lipinski definition) is 4. The van der Waals surface area contributed by atoms with E-state index in [1.54, 1.807) is 24.3 Å². The second-order valence-corrected chi connectivity index (χ2v) is 8.99. The van der Waals surface area contributed by atoms with E-state index in [1.165, 1.54) is 0 Å². The van der Waals surface area contributed by atoms with Gasteiger partial charge in [0.05, 0.1) is 11.1 Å². The predicted octanol–water partition coefficient (Wildman–Crippen LogP) is 5.91. The van der Waals surface area contributed by atoms with Crippen molar-refractivity contribution < 1.29 is 19.8 Å². The summed E-state index contributed by atoms with van der Waals surface area (Å²) < 4.78 is 0. The van der Waals surface area contributed by atoms with E-state index in [9.17, 15) is 19.8 Å². The van der Waals surface area contributed by atoms with Gasteiger partial charge in [-0.3, -0.25) is 0 Å². The van der Waals surface area contributed by atoms with Gasteiger partial charge in [0, 0.05) is 16.8 Å². The van der Waals surface area contributed by atoms with Crippen LogP contribution in [0.5, 0.6) is 0 Å². The molecule has 0 spiro atoms. The van der Waals surface area contributed by atoms with E-state index in [1.807, 2.05) is 60.7 Å². The third-order valence-corrected chi connectivity index (χ3v) is 6.45. The van der Waals surface area contributed by atoms with Crippen molar-refractivity contribution >= 4 is 23.3 Å². The molecule has 0 fully saturated rings. The van der Waals surface area contributed by atoms with Gasteiger partial charge >= 0.3 is 11.9 Å². The molecule has 6 N–H and O–H groups in total. The van der Waals surface area contributed by atoms with Crippen molar-refractivity contribution in [1.29, 1.82) is 0 Å². The summed E-state index contributed by atoms with van der Waals surface area (Å²) in [5.74, 6) is -2.10. The van der Waals surface area contributed by atoms with Crippen molar-refractivity contribution in [2.75, 3.05) is 11.5 Å². The van der Waals surface area contributed by atoms with E-state index in [4.69, 9.17) is 11.5 Å². The molecule has 0 aliphatic heterocycles. The number of carboxylic acid groups (broad SMARTS) is 2. The van der Waals surface area contributed by atoms with Crippen LogP contribution in [0, 0.1) is 0 Å². The lowest BCUT2D eigenvalue weighted by Crippen LogP contribution is -2.18. The highest BCUT2D eigenvalue weighted by Gasteiger charge is 2.23. The molecular weight excluding hydrogens is 440 g/mol. The van der Waals surface area contributed by atoms with E-state index in [0.29, 0.717) is 0 Å². The summed E-state index contributed by atoms with van der Waals surface area (Å²) in [6, 6.07) is 26.1. The maximum Gasteiger partial charge on any atom is 0.337 e. The van der Waals surface area contributed by atoms with Crippen LogP contribution in [0.4, 0.5) is 11.4 Å². The van der Waals surface area contributed by atoms with E-state index >= 15 is 0 Å². The Kier molecular flexibility index (Phi) is 6.05. The van der Waals surface area contributed by atoms with E-state index < -0.39 is 11.9 Å². The third-order valence-electron chi connectivity index (χ3n) is 6.45. The molecule has 0 saturated heterocycles. The van der Waals surface area contributed by atoms with Crippen molar-refractivity contribution in [2.45, 2.75) is 19.3 Å². The van der Waals surface area contributed by atoms with Crippen LogP contribution in [0.15, 0.2) is 84.9 Å². The minimum absolute atomic E-state index is 0.0866. The van der Waals surface area contributed by atoms with Crippen molar-refractivity contribution in [3.8, 4) is 22.3 Å². The lowest BCUT2D eigenvalue weighted by atomic mass is 9.77. The minimum atomic E-state index is -1.05. The van der Waals surface area contributed by atoms with Crippen LogP contribution >= 0.6 is 0 Å². The van der Waals surface area contributed by atoms with E-state index in [0.717, 1.165) is 33.4 Å². The number of hydrogen-bond acceptors (Lipinski definition) is 4. The molecule has 35 heavy (non-hydrogen) atoms. The summed E-state index contributed by atoms with van der Waals surface area (Å²) in [6.45, 7) is 4.27. The molecule has 0 atom stereocenters. The first kappa shape index (κ1) is 23.6. The van der Waals surface area contributed by atoms with Gasteiger partial charge in [0.1, 0.15) is 0 Å². The Morgan fingerprint density at radius 3 is 1.20 bits per heavy atom. The third kappa shape index (κ3) is 4.59. The zero-order valence-electron chi connectivity index (χ0n) is 19.4. The average molecular weight is 467 g/mol. The Morgan fingerprint density at radius 2 is 0.886 bits per heavy atom. The average Bonchev–Trinajstić information content (AvgIpc) is 2.84. The number of aromatic carboxylic acids is 2. The number of benzene rings is 4. The fourth-order valence-electron chi connectivity index (χ4n) is 4.17. The van der Waals surface area contributed by atoms with Crippen LogP contribution in [-0.4, -0.2) is 22.2 Å². The van der Waals surface area contributed by atoms with E-state index in [2.05, 4.69) is 13.8 Å². The molecule has 0 aliphatic carbocycles. The Bertz CT molecular complexity index is 1310. The van der Waals surface area contributed by atoms with Crippen molar-refractivity contribution in [1.82, 2.24) is 0 Å². The maximum atomic E-state index is 11.4. The molecule has 0 radical (unpaired) electrons. The Labute approximate surface area is 203 Å². The van der Waals surface area contributed by atoms with Gasteiger partial charge in [-0.1, -0.05) is 74.5 Å². The van der Waals surface area contributed by atoms with Crippen LogP contribution in [-0.2, 0) is 5.41 Å². The summed E-state index contributed by atoms with van der Waals surface area (Å²) in [6.07, 6.45) is 0. The van der Waals surface area contributed by atoms with Gasteiger partial charge in [0.2, 0.25) is 0 Å². The largest absolute Gasteiger partial charge is 0.478 e.